The van der Waals surface area contributed by atoms with Crippen molar-refractivity contribution in [3.05, 3.63) is 55.7 Å². The van der Waals surface area contributed by atoms with E-state index in [0.717, 1.165) is 43.7 Å². The lowest BCUT2D eigenvalue weighted by Gasteiger charge is -2.32. The molecule has 2 aromatic rings. The average Bonchev–Trinajstić information content (AvgIpc) is 3.43. The highest BCUT2D eigenvalue weighted by molar-refractivity contribution is 8.26. The van der Waals surface area contributed by atoms with Crippen molar-refractivity contribution in [3.8, 4) is 17.6 Å². The van der Waals surface area contributed by atoms with Crippen LogP contribution < -0.4 is 19.9 Å². The van der Waals surface area contributed by atoms with Crippen molar-refractivity contribution in [3.63, 3.8) is 0 Å². The third-order valence-corrected chi connectivity index (χ3v) is 7.93. The first-order valence-electron chi connectivity index (χ1n) is 11.4. The van der Waals surface area contributed by atoms with Gasteiger partial charge >= 0.3 is 0 Å². The zero-order chi connectivity index (χ0) is 24.7. The molecule has 1 aromatic carbocycles. The van der Waals surface area contributed by atoms with E-state index in [1.54, 1.807) is 24.9 Å². The molecule has 35 heavy (non-hydrogen) atoms. The summed E-state index contributed by atoms with van der Waals surface area (Å²) in [6, 6.07) is 7.62. The second-order valence-corrected chi connectivity index (χ2v) is 10.4. The van der Waals surface area contributed by atoms with Gasteiger partial charge in [0.2, 0.25) is 6.79 Å². The number of thioether (sulfide) groups is 1. The maximum absolute atomic E-state index is 13.4. The lowest BCUT2D eigenvalue weighted by atomic mass is 10.0. The second kappa shape index (κ2) is 9.40. The molecule has 1 amide bonds. The van der Waals surface area contributed by atoms with Crippen LogP contribution in [0.3, 0.4) is 0 Å². The number of pyridine rings is 1. The Balaban J connectivity index is 1.52. The molecule has 0 bridgehead atoms. The number of ether oxygens (including phenoxy) is 2. The minimum absolute atomic E-state index is 0.0929. The number of piperidine rings is 1. The number of carbonyl (C=O) groups is 1. The standard InChI is InChI=1S/C25H24N4O4S2/c1-15-17(22(28-8-4-3-5-9-28)27(2)23(30)18(15)12-26)11-21-24(31)29(25(34)35-21)13-16-6-7-19-20(10-16)33-14-32-19/h6-7,10-11H,3-5,8-9,13-14H2,1-2H3/b21-11+. The van der Waals surface area contributed by atoms with Crippen LogP contribution in [0.4, 0.5) is 5.82 Å². The number of anilines is 1. The molecule has 2 fully saturated rings. The van der Waals surface area contributed by atoms with Gasteiger partial charge in [-0.2, -0.15) is 5.26 Å². The van der Waals surface area contributed by atoms with E-state index in [-0.39, 0.29) is 23.8 Å². The summed E-state index contributed by atoms with van der Waals surface area (Å²) < 4.78 is 12.8. The fraction of sp³-hybridized carbons (Fsp3) is 0.360. The molecule has 0 unspecified atom stereocenters. The number of carbonyl (C=O) groups excluding carboxylic acids is 1. The summed E-state index contributed by atoms with van der Waals surface area (Å²) in [5.74, 6) is 1.88. The molecule has 180 valence electrons. The molecular weight excluding hydrogens is 484 g/mol. The Morgan fingerprint density at radius 2 is 1.91 bits per heavy atom. The van der Waals surface area contributed by atoms with Crippen molar-refractivity contribution in [1.29, 1.82) is 5.26 Å². The summed E-state index contributed by atoms with van der Waals surface area (Å²) in [7, 11) is 1.69. The Bertz CT molecular complexity index is 1370. The third-order valence-electron chi connectivity index (χ3n) is 6.55. The normalized spacial score (nSPS) is 18.5. The molecule has 0 N–H and O–H groups in total. The lowest BCUT2D eigenvalue weighted by molar-refractivity contribution is -0.122. The van der Waals surface area contributed by atoms with Crippen LogP contribution in [-0.4, -0.2) is 39.6 Å². The third kappa shape index (κ3) is 4.19. The molecule has 1 aromatic heterocycles. The number of rotatable bonds is 4. The molecule has 0 aliphatic carbocycles. The SMILES string of the molecule is Cc1c(/C=C2/SC(=S)N(Cc3ccc4c(c3)OCO4)C2=O)c(N2CCCCC2)n(C)c(=O)c1C#N. The van der Waals surface area contributed by atoms with E-state index in [4.69, 9.17) is 21.7 Å². The van der Waals surface area contributed by atoms with Gasteiger partial charge in [0.15, 0.2) is 11.5 Å². The molecule has 0 radical (unpaired) electrons. The molecule has 0 spiro atoms. The monoisotopic (exact) mass is 508 g/mol. The van der Waals surface area contributed by atoms with Gasteiger partial charge in [-0.15, -0.1) is 0 Å². The van der Waals surface area contributed by atoms with Crippen LogP contribution in [0.25, 0.3) is 6.08 Å². The van der Waals surface area contributed by atoms with Crippen LogP contribution in [0.15, 0.2) is 27.9 Å². The second-order valence-electron chi connectivity index (χ2n) is 8.72. The maximum Gasteiger partial charge on any atom is 0.270 e. The molecule has 5 rings (SSSR count). The van der Waals surface area contributed by atoms with E-state index >= 15 is 0 Å². The number of nitriles is 1. The van der Waals surface area contributed by atoms with Crippen LogP contribution >= 0.6 is 24.0 Å². The zero-order valence-electron chi connectivity index (χ0n) is 19.5. The van der Waals surface area contributed by atoms with Crippen molar-refractivity contribution < 1.29 is 14.3 Å². The van der Waals surface area contributed by atoms with Gasteiger partial charge in [-0.3, -0.25) is 19.1 Å². The van der Waals surface area contributed by atoms with E-state index in [1.807, 2.05) is 18.2 Å². The summed E-state index contributed by atoms with van der Waals surface area (Å²) in [5.41, 5.74) is 1.95. The smallest absolute Gasteiger partial charge is 0.270 e. The van der Waals surface area contributed by atoms with Crippen LogP contribution in [-0.2, 0) is 18.4 Å². The Kier molecular flexibility index (Phi) is 6.30. The summed E-state index contributed by atoms with van der Waals surface area (Å²) in [4.78, 5) is 30.5. The lowest BCUT2D eigenvalue weighted by Crippen LogP contribution is -2.36. The summed E-state index contributed by atoms with van der Waals surface area (Å²) >= 11 is 6.78. The average molecular weight is 509 g/mol. The predicted molar refractivity (Wildman–Crippen MR) is 138 cm³/mol. The Labute approximate surface area is 212 Å². The van der Waals surface area contributed by atoms with E-state index in [1.165, 1.54) is 16.3 Å². The number of fused-ring (bicyclic) bond motifs is 1. The number of benzene rings is 1. The molecule has 10 heteroatoms. The van der Waals surface area contributed by atoms with Crippen molar-refractivity contribution in [2.45, 2.75) is 32.7 Å². The first-order valence-corrected chi connectivity index (χ1v) is 12.6. The number of amides is 1. The number of nitrogens with zero attached hydrogens (tertiary/aromatic N) is 4. The summed E-state index contributed by atoms with van der Waals surface area (Å²) in [6.45, 7) is 3.92. The highest BCUT2D eigenvalue weighted by atomic mass is 32.2. The number of thiocarbonyl (C=S) groups is 1. The van der Waals surface area contributed by atoms with Crippen molar-refractivity contribution in [2.75, 3.05) is 24.8 Å². The minimum atomic E-state index is -0.321. The van der Waals surface area contributed by atoms with E-state index < -0.39 is 0 Å². The number of hydrogen-bond acceptors (Lipinski definition) is 8. The Morgan fingerprint density at radius 1 is 1.17 bits per heavy atom. The molecule has 3 aliphatic rings. The van der Waals surface area contributed by atoms with Gasteiger partial charge in [0.1, 0.15) is 21.8 Å². The van der Waals surface area contributed by atoms with Crippen LogP contribution in [0.2, 0.25) is 0 Å². The van der Waals surface area contributed by atoms with Gasteiger partial charge in [-0.1, -0.05) is 30.0 Å². The zero-order valence-corrected chi connectivity index (χ0v) is 21.1. The number of hydrogen-bond donors (Lipinski definition) is 0. The largest absolute Gasteiger partial charge is 0.454 e. The first-order chi connectivity index (χ1) is 16.9. The highest BCUT2D eigenvalue weighted by Gasteiger charge is 2.33. The van der Waals surface area contributed by atoms with Gasteiger partial charge in [-0.25, -0.2) is 0 Å². The van der Waals surface area contributed by atoms with Crippen molar-refractivity contribution in [2.24, 2.45) is 7.05 Å². The van der Waals surface area contributed by atoms with E-state index in [9.17, 15) is 14.9 Å². The molecule has 0 atom stereocenters. The van der Waals surface area contributed by atoms with Gasteiger partial charge in [-0.05, 0) is 55.5 Å². The fourth-order valence-corrected chi connectivity index (χ4v) is 5.93. The van der Waals surface area contributed by atoms with Gasteiger partial charge in [0.25, 0.3) is 11.5 Å². The molecular formula is C25H24N4O4S2. The van der Waals surface area contributed by atoms with Crippen molar-refractivity contribution >= 4 is 46.1 Å². The molecule has 3 aliphatic heterocycles. The molecule has 8 nitrogen and oxygen atoms in total. The van der Waals surface area contributed by atoms with E-state index in [0.29, 0.717) is 38.4 Å². The van der Waals surface area contributed by atoms with Crippen LogP contribution in [0.5, 0.6) is 11.5 Å². The Hall–Kier alpha value is -3.29. The highest BCUT2D eigenvalue weighted by Crippen LogP contribution is 2.38. The van der Waals surface area contributed by atoms with Crippen LogP contribution in [0, 0.1) is 18.3 Å². The summed E-state index contributed by atoms with van der Waals surface area (Å²) in [5, 5.41) is 9.66. The van der Waals surface area contributed by atoms with Crippen molar-refractivity contribution in [1.82, 2.24) is 9.47 Å². The minimum Gasteiger partial charge on any atom is -0.454 e. The Morgan fingerprint density at radius 3 is 2.66 bits per heavy atom. The van der Waals surface area contributed by atoms with Gasteiger partial charge in [0, 0.05) is 25.7 Å². The van der Waals surface area contributed by atoms with Crippen LogP contribution in [0.1, 0.15) is 41.5 Å². The predicted octanol–water partition coefficient (Wildman–Crippen LogP) is 3.69. The fourth-order valence-electron chi connectivity index (χ4n) is 4.69. The molecule has 4 heterocycles. The van der Waals surface area contributed by atoms with E-state index in [2.05, 4.69) is 11.0 Å². The quantitative estimate of drug-likeness (QED) is 0.457. The number of aromatic nitrogens is 1. The summed E-state index contributed by atoms with van der Waals surface area (Å²) in [6.07, 6.45) is 5.00. The maximum atomic E-state index is 13.4. The topological polar surface area (TPSA) is 87.8 Å². The van der Waals surface area contributed by atoms with Gasteiger partial charge < -0.3 is 14.4 Å². The van der Waals surface area contributed by atoms with Gasteiger partial charge in [0.05, 0.1) is 11.4 Å². The molecule has 2 saturated heterocycles. The molecule has 0 saturated carbocycles. The first kappa shape index (κ1) is 23.5.